The predicted molar refractivity (Wildman–Crippen MR) is 146 cm³/mol. The van der Waals surface area contributed by atoms with Gasteiger partial charge in [0.2, 0.25) is 0 Å². The predicted octanol–water partition coefficient (Wildman–Crippen LogP) is 4.16. The Kier molecular flexibility index (Phi) is 6.66. The van der Waals surface area contributed by atoms with Crippen molar-refractivity contribution < 1.29 is 14.3 Å². The summed E-state index contributed by atoms with van der Waals surface area (Å²) in [7, 11) is 1.66. The van der Waals surface area contributed by atoms with Gasteiger partial charge in [0.05, 0.1) is 31.0 Å². The number of hydrogen-bond donors (Lipinski definition) is 0. The van der Waals surface area contributed by atoms with Crippen LogP contribution in [-0.4, -0.2) is 85.9 Å². The summed E-state index contributed by atoms with van der Waals surface area (Å²) in [6, 6.07) is 14.1. The third-order valence-corrected chi connectivity index (χ3v) is 7.64. The number of carbonyl (C=O) groups is 1. The van der Waals surface area contributed by atoms with E-state index in [2.05, 4.69) is 25.8 Å². The molecule has 2 aromatic carbocycles. The molecule has 3 aliphatic heterocycles. The molecule has 2 fully saturated rings. The van der Waals surface area contributed by atoms with Gasteiger partial charge in [-0.3, -0.25) is 14.7 Å². The first-order valence-electron chi connectivity index (χ1n) is 13.2. The van der Waals surface area contributed by atoms with E-state index in [-0.39, 0.29) is 11.9 Å². The van der Waals surface area contributed by atoms with Crippen molar-refractivity contribution in [2.75, 3.05) is 57.9 Å². The number of amides is 1. The van der Waals surface area contributed by atoms with Crippen LogP contribution in [0, 0.1) is 0 Å². The second kappa shape index (κ2) is 10.4. The fourth-order valence-electron chi connectivity index (χ4n) is 5.58. The maximum absolute atomic E-state index is 13.2. The molecule has 0 saturated carbocycles. The van der Waals surface area contributed by atoms with E-state index in [0.29, 0.717) is 23.7 Å². The van der Waals surface area contributed by atoms with E-state index < -0.39 is 0 Å². The smallest absolute Gasteiger partial charge is 0.256 e. The standard InChI is InChI=1S/C29H33N5O3/c1-36-26-18-22-17-25-24(29(35)34-10-4-6-23(34)20-31-25)16-21(22)19-27(26)37-15-5-9-32-11-13-33(14-12-32)28-7-2-3-8-30-28/h2-3,7-8,16-20,23H,4-6,9-15H2,1H3/t23-/m0/s1. The van der Waals surface area contributed by atoms with Gasteiger partial charge in [-0.1, -0.05) is 6.07 Å². The topological polar surface area (TPSA) is 70.5 Å². The van der Waals surface area contributed by atoms with Gasteiger partial charge >= 0.3 is 0 Å². The van der Waals surface area contributed by atoms with E-state index >= 15 is 0 Å². The fourth-order valence-corrected chi connectivity index (χ4v) is 5.58. The number of anilines is 1. The normalized spacial score (nSPS) is 19.6. The molecule has 1 aromatic heterocycles. The monoisotopic (exact) mass is 499 g/mol. The molecule has 2 saturated heterocycles. The Labute approximate surface area is 217 Å². The van der Waals surface area contributed by atoms with E-state index in [1.54, 1.807) is 7.11 Å². The van der Waals surface area contributed by atoms with Crippen LogP contribution in [-0.2, 0) is 0 Å². The van der Waals surface area contributed by atoms with E-state index in [0.717, 1.165) is 80.8 Å². The van der Waals surface area contributed by atoms with Gasteiger partial charge in [0.1, 0.15) is 5.82 Å². The summed E-state index contributed by atoms with van der Waals surface area (Å²) in [5.74, 6) is 2.53. The van der Waals surface area contributed by atoms with Gasteiger partial charge in [-0.05, 0) is 66.4 Å². The zero-order valence-electron chi connectivity index (χ0n) is 21.3. The lowest BCUT2D eigenvalue weighted by molar-refractivity contribution is 0.0775. The van der Waals surface area contributed by atoms with Crippen molar-refractivity contribution in [1.82, 2.24) is 14.8 Å². The first kappa shape index (κ1) is 23.7. The van der Waals surface area contributed by atoms with Crippen LogP contribution >= 0.6 is 0 Å². The van der Waals surface area contributed by atoms with Crippen molar-refractivity contribution in [2.45, 2.75) is 25.3 Å². The fraction of sp³-hybridized carbons (Fsp3) is 0.414. The molecule has 3 aromatic rings. The van der Waals surface area contributed by atoms with Crippen LogP contribution in [0.2, 0.25) is 0 Å². The second-order valence-corrected chi connectivity index (χ2v) is 9.92. The molecule has 3 aliphatic rings. The van der Waals surface area contributed by atoms with Crippen molar-refractivity contribution in [3.8, 4) is 11.5 Å². The van der Waals surface area contributed by atoms with Gasteiger partial charge in [-0.25, -0.2) is 4.98 Å². The van der Waals surface area contributed by atoms with E-state index in [9.17, 15) is 4.79 Å². The lowest BCUT2D eigenvalue weighted by Crippen LogP contribution is -2.47. The highest BCUT2D eigenvalue weighted by molar-refractivity contribution is 6.07. The Morgan fingerprint density at radius 2 is 1.84 bits per heavy atom. The molecule has 37 heavy (non-hydrogen) atoms. The molecule has 0 aliphatic carbocycles. The molecule has 1 amide bonds. The van der Waals surface area contributed by atoms with Gasteiger partial charge < -0.3 is 19.3 Å². The Hall–Kier alpha value is -3.65. The highest BCUT2D eigenvalue weighted by Gasteiger charge is 2.31. The Balaban J connectivity index is 1.09. The molecule has 0 N–H and O–H groups in total. The zero-order chi connectivity index (χ0) is 25.2. The van der Waals surface area contributed by atoms with E-state index in [1.807, 2.05) is 53.7 Å². The average molecular weight is 500 g/mol. The van der Waals surface area contributed by atoms with Crippen LogP contribution in [0.25, 0.3) is 10.8 Å². The summed E-state index contributed by atoms with van der Waals surface area (Å²) in [5, 5.41) is 1.95. The van der Waals surface area contributed by atoms with Gasteiger partial charge in [0, 0.05) is 51.7 Å². The van der Waals surface area contributed by atoms with E-state index in [4.69, 9.17) is 9.47 Å². The van der Waals surface area contributed by atoms with Gasteiger partial charge in [0.15, 0.2) is 11.5 Å². The third-order valence-electron chi connectivity index (χ3n) is 7.64. The van der Waals surface area contributed by atoms with Crippen molar-refractivity contribution >= 4 is 34.4 Å². The number of benzene rings is 2. The van der Waals surface area contributed by atoms with Crippen LogP contribution in [0.4, 0.5) is 11.5 Å². The van der Waals surface area contributed by atoms with Crippen LogP contribution in [0.5, 0.6) is 11.5 Å². The first-order chi connectivity index (χ1) is 18.2. The molecule has 0 radical (unpaired) electrons. The SMILES string of the molecule is COc1cc2cc3c(cc2cc1OCCCN1CCN(c2ccccn2)CC1)C(=O)N1CCC[C@H]1C=N3. The summed E-state index contributed by atoms with van der Waals surface area (Å²) in [5.41, 5.74) is 1.39. The zero-order valence-corrected chi connectivity index (χ0v) is 21.3. The Bertz CT molecular complexity index is 1300. The minimum atomic E-state index is 0.0679. The molecule has 4 heterocycles. The average Bonchev–Trinajstić information content (AvgIpc) is 3.38. The number of rotatable bonds is 7. The molecule has 0 spiro atoms. The van der Waals surface area contributed by atoms with Gasteiger partial charge in [-0.2, -0.15) is 0 Å². The van der Waals surface area contributed by atoms with Crippen LogP contribution in [0.1, 0.15) is 29.6 Å². The minimum absolute atomic E-state index is 0.0679. The number of carbonyl (C=O) groups excluding carboxylic acids is 1. The molecule has 0 bridgehead atoms. The third kappa shape index (κ3) is 4.85. The van der Waals surface area contributed by atoms with Crippen LogP contribution in [0.15, 0.2) is 53.7 Å². The molecular weight excluding hydrogens is 466 g/mol. The number of pyridine rings is 1. The van der Waals surface area contributed by atoms with Crippen LogP contribution < -0.4 is 14.4 Å². The number of aromatic nitrogens is 1. The summed E-state index contributed by atoms with van der Waals surface area (Å²) in [4.78, 5) is 29.1. The second-order valence-electron chi connectivity index (χ2n) is 9.92. The number of nitrogens with zero attached hydrogens (tertiary/aromatic N) is 5. The van der Waals surface area contributed by atoms with Crippen LogP contribution in [0.3, 0.4) is 0 Å². The quantitative estimate of drug-likeness (QED) is 0.455. The summed E-state index contributed by atoms with van der Waals surface area (Å²) in [6.45, 7) is 6.41. The lowest BCUT2D eigenvalue weighted by atomic mass is 10.0. The largest absolute Gasteiger partial charge is 0.493 e. The molecule has 192 valence electrons. The molecule has 6 rings (SSSR count). The molecular formula is C29H33N5O3. The number of hydrogen-bond acceptors (Lipinski definition) is 7. The van der Waals surface area contributed by atoms with Gasteiger partial charge in [0.25, 0.3) is 5.91 Å². The van der Waals surface area contributed by atoms with Crippen molar-refractivity contribution in [3.05, 3.63) is 54.2 Å². The molecule has 1 atom stereocenters. The lowest BCUT2D eigenvalue weighted by Gasteiger charge is -2.35. The number of methoxy groups -OCH3 is 1. The Morgan fingerprint density at radius 1 is 1.00 bits per heavy atom. The maximum Gasteiger partial charge on any atom is 0.256 e. The molecule has 0 unspecified atom stereocenters. The summed E-state index contributed by atoms with van der Waals surface area (Å²) >= 11 is 0. The Morgan fingerprint density at radius 3 is 2.65 bits per heavy atom. The molecule has 8 nitrogen and oxygen atoms in total. The highest BCUT2D eigenvalue weighted by atomic mass is 16.5. The number of aliphatic imine (C=N–C) groups is 1. The van der Waals surface area contributed by atoms with Gasteiger partial charge in [-0.15, -0.1) is 0 Å². The number of piperazine rings is 1. The summed E-state index contributed by atoms with van der Waals surface area (Å²) < 4.78 is 11.8. The summed E-state index contributed by atoms with van der Waals surface area (Å²) in [6.07, 6.45) is 6.72. The van der Waals surface area contributed by atoms with Crippen molar-refractivity contribution in [3.63, 3.8) is 0 Å². The number of fused-ring (bicyclic) bond motifs is 3. The molecule has 8 heteroatoms. The highest BCUT2D eigenvalue weighted by Crippen LogP contribution is 2.37. The van der Waals surface area contributed by atoms with E-state index in [1.165, 1.54) is 0 Å². The first-order valence-corrected chi connectivity index (χ1v) is 13.2. The minimum Gasteiger partial charge on any atom is -0.493 e. The van der Waals surface area contributed by atoms with Crippen molar-refractivity contribution in [2.24, 2.45) is 4.99 Å². The maximum atomic E-state index is 13.2. The number of ether oxygens (including phenoxy) is 2. The van der Waals surface area contributed by atoms with Crippen molar-refractivity contribution in [1.29, 1.82) is 0 Å².